The summed E-state index contributed by atoms with van der Waals surface area (Å²) in [6.45, 7) is 3.41. The van der Waals surface area contributed by atoms with Crippen molar-refractivity contribution in [1.29, 1.82) is 0 Å². The van der Waals surface area contributed by atoms with Crippen molar-refractivity contribution >= 4 is 33.6 Å². The van der Waals surface area contributed by atoms with Crippen LogP contribution in [-0.4, -0.2) is 23.1 Å². The number of carbonyl (C=O) groups is 2. The number of hydrogen-bond acceptors (Lipinski definition) is 2. The molecule has 5 nitrogen and oxygen atoms in total. The van der Waals surface area contributed by atoms with E-state index in [0.717, 1.165) is 6.07 Å². The molecular weight excluding hydrogens is 319 g/mol. The van der Waals surface area contributed by atoms with Crippen LogP contribution in [0.5, 0.6) is 0 Å². The molecule has 0 radical (unpaired) electrons. The van der Waals surface area contributed by atoms with Crippen LogP contribution in [-0.2, 0) is 4.79 Å². The zero-order chi connectivity index (χ0) is 14.4. The van der Waals surface area contributed by atoms with Crippen LogP contribution in [0.3, 0.4) is 0 Å². The second kappa shape index (κ2) is 6.89. The standard InChI is InChI=1S/C12H12BrFN2O3/c1-2-3-9(11(17)18)15-12(19)16-10-6-7(14)4-5-8(10)13/h2,4-6,9H,1,3H2,(H,17,18)(H2,15,16,19). The number of carboxylic acid groups (broad SMARTS) is 1. The van der Waals surface area contributed by atoms with Crippen LogP contribution < -0.4 is 10.6 Å². The van der Waals surface area contributed by atoms with Crippen LogP contribution in [0.25, 0.3) is 0 Å². The van der Waals surface area contributed by atoms with Crippen LogP contribution in [0, 0.1) is 5.82 Å². The van der Waals surface area contributed by atoms with Gasteiger partial charge in [-0.1, -0.05) is 6.08 Å². The molecule has 1 atom stereocenters. The number of carbonyl (C=O) groups excluding carboxylic acids is 1. The SMILES string of the molecule is C=CCC(NC(=O)Nc1cc(F)ccc1Br)C(=O)O. The number of amides is 2. The minimum Gasteiger partial charge on any atom is -0.480 e. The minimum absolute atomic E-state index is 0.0904. The Balaban J connectivity index is 2.71. The first-order valence-corrected chi connectivity index (χ1v) is 6.09. The molecule has 0 saturated heterocycles. The summed E-state index contributed by atoms with van der Waals surface area (Å²) in [5.41, 5.74) is 0.209. The van der Waals surface area contributed by atoms with Crippen LogP contribution in [0.4, 0.5) is 14.9 Å². The Labute approximate surface area is 117 Å². The number of aliphatic carboxylic acids is 1. The molecule has 102 valence electrons. The van der Waals surface area contributed by atoms with Gasteiger partial charge in [-0.25, -0.2) is 14.0 Å². The van der Waals surface area contributed by atoms with Gasteiger partial charge < -0.3 is 15.7 Å². The van der Waals surface area contributed by atoms with Crippen molar-refractivity contribution in [2.75, 3.05) is 5.32 Å². The van der Waals surface area contributed by atoms with Gasteiger partial charge in [-0.2, -0.15) is 0 Å². The van der Waals surface area contributed by atoms with Gasteiger partial charge in [0.15, 0.2) is 0 Å². The van der Waals surface area contributed by atoms with Crippen molar-refractivity contribution in [1.82, 2.24) is 5.32 Å². The summed E-state index contributed by atoms with van der Waals surface area (Å²) in [6.07, 6.45) is 1.48. The number of urea groups is 1. The van der Waals surface area contributed by atoms with E-state index in [1.807, 2.05) is 0 Å². The average molecular weight is 331 g/mol. The van der Waals surface area contributed by atoms with E-state index in [0.29, 0.717) is 4.47 Å². The maximum Gasteiger partial charge on any atom is 0.326 e. The molecule has 1 aromatic rings. The number of benzene rings is 1. The predicted octanol–water partition coefficient (Wildman–Crippen LogP) is 2.74. The van der Waals surface area contributed by atoms with Crippen molar-refractivity contribution in [2.24, 2.45) is 0 Å². The van der Waals surface area contributed by atoms with E-state index >= 15 is 0 Å². The Morgan fingerprint density at radius 1 is 1.53 bits per heavy atom. The van der Waals surface area contributed by atoms with E-state index in [4.69, 9.17) is 5.11 Å². The number of anilines is 1. The fourth-order valence-corrected chi connectivity index (χ4v) is 1.64. The third-order valence-electron chi connectivity index (χ3n) is 2.18. The van der Waals surface area contributed by atoms with Crippen LogP contribution in [0.2, 0.25) is 0 Å². The van der Waals surface area contributed by atoms with Crippen LogP contribution in [0.15, 0.2) is 35.3 Å². The molecule has 0 aliphatic rings. The summed E-state index contributed by atoms with van der Waals surface area (Å²) < 4.78 is 13.5. The van der Waals surface area contributed by atoms with Gasteiger partial charge in [-0.05, 0) is 40.5 Å². The highest BCUT2D eigenvalue weighted by Gasteiger charge is 2.18. The van der Waals surface area contributed by atoms with E-state index in [1.54, 1.807) is 0 Å². The summed E-state index contributed by atoms with van der Waals surface area (Å²) in [6, 6.07) is 1.96. The van der Waals surface area contributed by atoms with Gasteiger partial charge >= 0.3 is 12.0 Å². The average Bonchev–Trinajstić information content (AvgIpc) is 2.33. The summed E-state index contributed by atoms with van der Waals surface area (Å²) in [5.74, 6) is -1.69. The number of rotatable bonds is 5. The predicted molar refractivity (Wildman–Crippen MR) is 72.5 cm³/mol. The summed E-state index contributed by atoms with van der Waals surface area (Å²) in [5, 5.41) is 13.5. The lowest BCUT2D eigenvalue weighted by molar-refractivity contribution is -0.139. The fourth-order valence-electron chi connectivity index (χ4n) is 1.30. The molecule has 0 aliphatic carbocycles. The van der Waals surface area contributed by atoms with Gasteiger partial charge in [0.05, 0.1) is 5.69 Å². The lowest BCUT2D eigenvalue weighted by atomic mass is 10.2. The zero-order valence-electron chi connectivity index (χ0n) is 9.82. The van der Waals surface area contributed by atoms with Crippen LogP contribution in [0.1, 0.15) is 6.42 Å². The molecule has 0 aromatic heterocycles. The molecule has 1 aromatic carbocycles. The number of hydrogen-bond donors (Lipinski definition) is 3. The molecule has 0 bridgehead atoms. The lowest BCUT2D eigenvalue weighted by Gasteiger charge is -2.14. The van der Waals surface area contributed by atoms with Crippen LogP contribution >= 0.6 is 15.9 Å². The molecule has 7 heteroatoms. The monoisotopic (exact) mass is 330 g/mol. The third kappa shape index (κ3) is 4.70. The van der Waals surface area contributed by atoms with Crippen molar-refractivity contribution in [3.8, 4) is 0 Å². The summed E-state index contributed by atoms with van der Waals surface area (Å²) in [4.78, 5) is 22.4. The zero-order valence-corrected chi connectivity index (χ0v) is 11.4. The first kappa shape index (κ1) is 15.2. The quantitative estimate of drug-likeness (QED) is 0.726. The topological polar surface area (TPSA) is 78.4 Å². The molecule has 0 aliphatic heterocycles. The maximum atomic E-state index is 13.0. The summed E-state index contributed by atoms with van der Waals surface area (Å²) in [7, 11) is 0. The normalized spacial score (nSPS) is 11.5. The highest BCUT2D eigenvalue weighted by Crippen LogP contribution is 2.22. The van der Waals surface area contributed by atoms with Gasteiger partial charge in [0.25, 0.3) is 0 Å². The Morgan fingerprint density at radius 2 is 2.21 bits per heavy atom. The third-order valence-corrected chi connectivity index (χ3v) is 2.87. The van der Waals surface area contributed by atoms with Crippen molar-refractivity contribution in [3.05, 3.63) is 41.1 Å². The molecule has 0 spiro atoms. The summed E-state index contributed by atoms with van der Waals surface area (Å²) >= 11 is 3.14. The van der Waals surface area contributed by atoms with E-state index < -0.39 is 23.9 Å². The Kier molecular flexibility index (Phi) is 5.50. The van der Waals surface area contributed by atoms with Gasteiger partial charge in [-0.15, -0.1) is 6.58 Å². The second-order valence-electron chi connectivity index (χ2n) is 3.64. The van der Waals surface area contributed by atoms with Crippen molar-refractivity contribution in [2.45, 2.75) is 12.5 Å². The minimum atomic E-state index is -1.17. The first-order chi connectivity index (χ1) is 8.93. The molecule has 3 N–H and O–H groups in total. The van der Waals surface area contributed by atoms with Gasteiger partial charge in [-0.3, -0.25) is 0 Å². The Bertz CT molecular complexity index is 508. The number of halogens is 2. The molecule has 0 fully saturated rings. The molecule has 2 amide bonds. The molecular formula is C12H12BrFN2O3. The number of nitrogens with one attached hydrogen (secondary N) is 2. The van der Waals surface area contributed by atoms with E-state index in [1.165, 1.54) is 18.2 Å². The van der Waals surface area contributed by atoms with E-state index in [-0.39, 0.29) is 12.1 Å². The molecule has 1 rings (SSSR count). The van der Waals surface area contributed by atoms with Gasteiger partial charge in [0, 0.05) is 4.47 Å². The number of carboxylic acids is 1. The highest BCUT2D eigenvalue weighted by atomic mass is 79.9. The fraction of sp³-hybridized carbons (Fsp3) is 0.167. The first-order valence-electron chi connectivity index (χ1n) is 5.30. The van der Waals surface area contributed by atoms with Crippen molar-refractivity contribution < 1.29 is 19.1 Å². The molecule has 1 unspecified atom stereocenters. The molecule has 19 heavy (non-hydrogen) atoms. The maximum absolute atomic E-state index is 13.0. The highest BCUT2D eigenvalue weighted by molar-refractivity contribution is 9.10. The molecule has 0 saturated carbocycles. The lowest BCUT2D eigenvalue weighted by Crippen LogP contribution is -2.42. The Morgan fingerprint density at radius 3 is 2.79 bits per heavy atom. The largest absolute Gasteiger partial charge is 0.480 e. The van der Waals surface area contributed by atoms with E-state index in [9.17, 15) is 14.0 Å². The second-order valence-corrected chi connectivity index (χ2v) is 4.49. The smallest absolute Gasteiger partial charge is 0.326 e. The Hall–Kier alpha value is -1.89. The van der Waals surface area contributed by atoms with Gasteiger partial charge in [0.2, 0.25) is 0 Å². The van der Waals surface area contributed by atoms with Gasteiger partial charge in [0.1, 0.15) is 11.9 Å². The van der Waals surface area contributed by atoms with E-state index in [2.05, 4.69) is 33.1 Å². The molecule has 0 heterocycles. The van der Waals surface area contributed by atoms with Crippen molar-refractivity contribution in [3.63, 3.8) is 0 Å².